The summed E-state index contributed by atoms with van der Waals surface area (Å²) in [5.41, 5.74) is 6.43. The van der Waals surface area contributed by atoms with Crippen molar-refractivity contribution in [3.8, 4) is 17.6 Å². The largest absolute Gasteiger partial charge is 0.484 e. The Morgan fingerprint density at radius 3 is 1.91 bits per heavy atom. The molecule has 0 aliphatic carbocycles. The Morgan fingerprint density at radius 1 is 0.848 bits per heavy atom. The van der Waals surface area contributed by atoms with Crippen LogP contribution in [0.25, 0.3) is 0 Å². The molecule has 0 fully saturated rings. The van der Waals surface area contributed by atoms with E-state index < -0.39 is 23.8 Å². The second-order valence-electron chi connectivity index (χ2n) is 6.34. The van der Waals surface area contributed by atoms with E-state index in [9.17, 15) is 19.2 Å². The number of nitrogens with one attached hydrogen (secondary N) is 3. The molecule has 0 bridgehead atoms. The fourth-order valence-corrected chi connectivity index (χ4v) is 2.32. The minimum absolute atomic E-state index is 0.173. The zero-order valence-electron chi connectivity index (χ0n) is 17.1. The van der Waals surface area contributed by atoms with Crippen LogP contribution in [0, 0.1) is 11.8 Å². The second-order valence-corrected chi connectivity index (χ2v) is 6.34. The van der Waals surface area contributed by atoms with E-state index in [1.165, 1.54) is 23.1 Å². The number of hydrogen-bond donors (Lipinski definition) is 6. The molecular weight excluding hydrogens is 436 g/mol. The lowest BCUT2D eigenvalue weighted by atomic mass is 10.1. The van der Waals surface area contributed by atoms with Gasteiger partial charge in [-0.2, -0.15) is 0 Å². The lowest BCUT2D eigenvalue weighted by Crippen LogP contribution is -2.47. The molecular formula is C21H20N4O8. The smallest absolute Gasteiger partial charge is 0.426 e. The molecule has 172 valence electrons. The van der Waals surface area contributed by atoms with Crippen molar-refractivity contribution in [1.82, 2.24) is 21.4 Å². The molecule has 0 atom stereocenters. The predicted octanol–water partition coefficient (Wildman–Crippen LogP) is 0.491. The van der Waals surface area contributed by atoms with Gasteiger partial charge in [0.15, 0.2) is 6.61 Å². The average molecular weight is 456 g/mol. The number of benzene rings is 2. The molecule has 0 saturated carbocycles. The Kier molecular flexibility index (Phi) is 9.20. The van der Waals surface area contributed by atoms with Gasteiger partial charge in [-0.3, -0.25) is 30.2 Å². The summed E-state index contributed by atoms with van der Waals surface area (Å²) in [6, 6.07) is 12.7. The van der Waals surface area contributed by atoms with Crippen molar-refractivity contribution < 1.29 is 39.4 Å². The Labute approximate surface area is 187 Å². The van der Waals surface area contributed by atoms with Crippen LogP contribution in [0.1, 0.15) is 27.9 Å². The zero-order valence-corrected chi connectivity index (χ0v) is 17.1. The van der Waals surface area contributed by atoms with Gasteiger partial charge in [0.1, 0.15) is 5.75 Å². The van der Waals surface area contributed by atoms with Gasteiger partial charge in [0.05, 0.1) is 6.54 Å². The van der Waals surface area contributed by atoms with Gasteiger partial charge in [-0.15, -0.1) is 0 Å². The van der Waals surface area contributed by atoms with Crippen LogP contribution in [0.5, 0.6) is 5.75 Å². The van der Waals surface area contributed by atoms with Crippen molar-refractivity contribution >= 4 is 23.8 Å². The lowest BCUT2D eigenvalue weighted by molar-refractivity contribution is -0.131. The number of hydrogen-bond acceptors (Lipinski definition) is 7. The molecule has 12 nitrogen and oxygen atoms in total. The summed E-state index contributed by atoms with van der Waals surface area (Å²) < 4.78 is 5.16. The maximum atomic E-state index is 12.3. The number of hydroxylamine groups is 2. The van der Waals surface area contributed by atoms with Crippen LogP contribution in [0.15, 0.2) is 48.5 Å². The van der Waals surface area contributed by atoms with E-state index in [0.29, 0.717) is 21.9 Å². The minimum Gasteiger partial charge on any atom is -0.484 e. The molecule has 6 N–H and O–H groups in total. The Hall–Kier alpha value is -4.60. The lowest BCUT2D eigenvalue weighted by Gasteiger charge is -2.19. The molecule has 33 heavy (non-hydrogen) atoms. The summed E-state index contributed by atoms with van der Waals surface area (Å²) in [4.78, 5) is 45.4. The molecule has 0 aliphatic rings. The highest BCUT2D eigenvalue weighted by atomic mass is 16.5. The number of carboxylic acid groups (broad SMARTS) is 1. The van der Waals surface area contributed by atoms with Gasteiger partial charge in [-0.1, -0.05) is 11.8 Å². The highest BCUT2D eigenvalue weighted by Crippen LogP contribution is 2.12. The molecule has 0 aromatic heterocycles. The van der Waals surface area contributed by atoms with Gasteiger partial charge in [0.25, 0.3) is 11.8 Å². The fraction of sp³-hybridized carbons (Fsp3) is 0.143. The number of carbonyl (C=O) groups excluding carboxylic acids is 3. The minimum atomic E-state index is -1.47. The van der Waals surface area contributed by atoms with Crippen molar-refractivity contribution in [3.05, 3.63) is 65.2 Å². The molecule has 12 heteroatoms. The maximum absolute atomic E-state index is 12.3. The van der Waals surface area contributed by atoms with Gasteiger partial charge in [0, 0.05) is 23.1 Å². The van der Waals surface area contributed by atoms with Crippen molar-refractivity contribution in [3.63, 3.8) is 0 Å². The molecule has 2 aromatic carbocycles. The first kappa shape index (κ1) is 24.7. The molecule has 2 aromatic rings. The van der Waals surface area contributed by atoms with Gasteiger partial charge in [0.2, 0.25) is 5.91 Å². The van der Waals surface area contributed by atoms with Gasteiger partial charge in [-0.25, -0.2) is 20.8 Å². The first-order valence-corrected chi connectivity index (χ1v) is 9.34. The number of hydrazine groups is 1. The summed E-state index contributed by atoms with van der Waals surface area (Å²) in [5, 5.41) is 26.5. The number of ether oxygens (including phenoxy) is 1. The third-order valence-electron chi connectivity index (χ3n) is 4.00. The van der Waals surface area contributed by atoms with Crippen LogP contribution in [-0.4, -0.2) is 57.5 Å². The summed E-state index contributed by atoms with van der Waals surface area (Å²) >= 11 is 0. The molecule has 0 saturated heterocycles. The van der Waals surface area contributed by atoms with E-state index in [4.69, 9.17) is 20.3 Å². The molecule has 0 unspecified atom stereocenters. The summed E-state index contributed by atoms with van der Waals surface area (Å²) in [7, 11) is 0. The number of carbonyl (C=O) groups is 4. The average Bonchev–Trinajstić information content (AvgIpc) is 2.84. The van der Waals surface area contributed by atoms with E-state index in [0.717, 1.165) is 0 Å². The summed E-state index contributed by atoms with van der Waals surface area (Å²) in [6.45, 7) is -0.681. The Bertz CT molecular complexity index is 1060. The molecule has 0 aliphatic heterocycles. The van der Waals surface area contributed by atoms with Crippen molar-refractivity contribution in [2.75, 3.05) is 13.2 Å². The third kappa shape index (κ3) is 8.21. The van der Waals surface area contributed by atoms with Crippen molar-refractivity contribution in [2.45, 2.75) is 6.42 Å². The highest BCUT2D eigenvalue weighted by molar-refractivity contribution is 5.95. The van der Waals surface area contributed by atoms with Crippen LogP contribution in [0.4, 0.5) is 4.79 Å². The van der Waals surface area contributed by atoms with E-state index >= 15 is 0 Å². The Morgan fingerprint density at radius 2 is 1.39 bits per heavy atom. The van der Waals surface area contributed by atoms with E-state index in [2.05, 4.69) is 17.3 Å². The Balaban J connectivity index is 1.96. The van der Waals surface area contributed by atoms with E-state index in [1.54, 1.807) is 36.4 Å². The molecule has 4 amide bonds. The maximum Gasteiger partial charge on any atom is 0.426 e. The SMILES string of the molecule is O=C(CCN(NC(=O)c1ccc(C#Cc2ccc(OCC(=O)NO)cc2)cc1)C(=O)O)NO. The second kappa shape index (κ2) is 12.3. The van der Waals surface area contributed by atoms with Gasteiger partial charge >= 0.3 is 6.09 Å². The van der Waals surface area contributed by atoms with Crippen molar-refractivity contribution in [1.29, 1.82) is 0 Å². The summed E-state index contributed by atoms with van der Waals surface area (Å²) in [5.74, 6) is 4.08. The van der Waals surface area contributed by atoms with E-state index in [1.807, 2.05) is 0 Å². The molecule has 0 spiro atoms. The molecule has 0 radical (unpaired) electrons. The van der Waals surface area contributed by atoms with Crippen LogP contribution in [-0.2, 0) is 9.59 Å². The number of nitrogens with zero attached hydrogens (tertiary/aromatic N) is 1. The summed E-state index contributed by atoms with van der Waals surface area (Å²) in [6.07, 6.45) is -1.81. The molecule has 2 rings (SSSR count). The van der Waals surface area contributed by atoms with Crippen LogP contribution in [0.3, 0.4) is 0 Å². The van der Waals surface area contributed by atoms with Crippen LogP contribution < -0.4 is 21.1 Å². The normalized spacial score (nSPS) is 9.64. The van der Waals surface area contributed by atoms with Gasteiger partial charge in [-0.05, 0) is 48.5 Å². The topological polar surface area (TPSA) is 178 Å². The third-order valence-corrected chi connectivity index (χ3v) is 4.00. The van der Waals surface area contributed by atoms with Crippen LogP contribution in [0.2, 0.25) is 0 Å². The van der Waals surface area contributed by atoms with Gasteiger partial charge < -0.3 is 9.84 Å². The number of amides is 4. The number of rotatable bonds is 7. The first-order valence-electron chi connectivity index (χ1n) is 9.34. The highest BCUT2D eigenvalue weighted by Gasteiger charge is 2.17. The van der Waals surface area contributed by atoms with Crippen molar-refractivity contribution in [2.24, 2.45) is 0 Å². The monoisotopic (exact) mass is 456 g/mol. The zero-order chi connectivity index (χ0) is 24.2. The first-order chi connectivity index (χ1) is 15.8. The molecule has 0 heterocycles. The van der Waals surface area contributed by atoms with E-state index in [-0.39, 0.29) is 25.1 Å². The quantitative estimate of drug-likeness (QED) is 0.198. The fourth-order valence-electron chi connectivity index (χ4n) is 2.32. The predicted molar refractivity (Wildman–Crippen MR) is 111 cm³/mol. The standard InChI is InChI=1S/C21H20N4O8/c26-18(23-31)11-12-25(21(29)30)22-20(28)16-7-3-14(4-8-16)1-2-15-5-9-17(10-6-15)33-13-19(27)24-32/h3-10,31-32H,11-13H2,(H,22,28)(H,23,26)(H,24,27)(H,29,30). The van der Waals surface area contributed by atoms with Crippen LogP contribution >= 0.6 is 0 Å².